The topological polar surface area (TPSA) is 105 Å². The Bertz CT molecular complexity index is 673. The van der Waals surface area contributed by atoms with Gasteiger partial charge in [0, 0.05) is 13.1 Å². The predicted octanol–water partition coefficient (Wildman–Crippen LogP) is -0.0165. The van der Waals surface area contributed by atoms with Gasteiger partial charge in [0.05, 0.1) is 13.2 Å². The van der Waals surface area contributed by atoms with Gasteiger partial charge in [-0.25, -0.2) is 8.42 Å². The van der Waals surface area contributed by atoms with Crippen LogP contribution in [0.1, 0.15) is 13.8 Å². The summed E-state index contributed by atoms with van der Waals surface area (Å²) >= 11 is 1.12. The van der Waals surface area contributed by atoms with Crippen LogP contribution < -0.4 is 10.6 Å². The van der Waals surface area contributed by atoms with Crippen LogP contribution in [0.15, 0.2) is 21.7 Å². The molecule has 0 radical (unpaired) electrons. The molecular weight excluding hydrogens is 354 g/mol. The van der Waals surface area contributed by atoms with Crippen molar-refractivity contribution < 1.29 is 22.7 Å². The lowest BCUT2D eigenvalue weighted by molar-refractivity contribution is -0.139. The summed E-state index contributed by atoms with van der Waals surface area (Å²) in [5.74, 6) is -1.32. The number of hydrogen-bond acceptors (Lipinski definition) is 6. The number of nitrogens with one attached hydrogen (secondary N) is 2. The zero-order valence-corrected chi connectivity index (χ0v) is 15.2. The van der Waals surface area contributed by atoms with E-state index in [0.29, 0.717) is 6.54 Å². The van der Waals surface area contributed by atoms with E-state index in [1.807, 2.05) is 13.8 Å². The van der Waals surface area contributed by atoms with Gasteiger partial charge in [0.15, 0.2) is 0 Å². The molecule has 1 atom stereocenters. The fraction of sp³-hybridized carbons (Fsp3) is 0.571. The molecule has 0 unspecified atom stereocenters. The molecule has 1 saturated heterocycles. The first-order valence-corrected chi connectivity index (χ1v) is 9.87. The second-order valence-corrected chi connectivity index (χ2v) is 8.75. The first-order valence-electron chi connectivity index (χ1n) is 7.55. The average molecular weight is 375 g/mol. The van der Waals surface area contributed by atoms with Crippen LogP contribution in [-0.4, -0.2) is 57.0 Å². The van der Waals surface area contributed by atoms with Gasteiger partial charge in [-0.1, -0.05) is 19.9 Å². The van der Waals surface area contributed by atoms with E-state index >= 15 is 0 Å². The van der Waals surface area contributed by atoms with Crippen LogP contribution in [0.4, 0.5) is 0 Å². The van der Waals surface area contributed by atoms with E-state index in [4.69, 9.17) is 4.74 Å². The van der Waals surface area contributed by atoms with Gasteiger partial charge in [0.25, 0.3) is 10.0 Å². The minimum absolute atomic E-state index is 0.0848. The smallest absolute Gasteiger partial charge is 0.309 e. The Morgan fingerprint density at radius 1 is 1.38 bits per heavy atom. The van der Waals surface area contributed by atoms with Crippen molar-refractivity contribution in [2.24, 2.45) is 5.92 Å². The van der Waals surface area contributed by atoms with E-state index in [1.165, 1.54) is 10.4 Å². The van der Waals surface area contributed by atoms with Crippen LogP contribution in [0.5, 0.6) is 0 Å². The van der Waals surface area contributed by atoms with Gasteiger partial charge < -0.3 is 15.4 Å². The molecule has 24 heavy (non-hydrogen) atoms. The molecule has 0 bridgehead atoms. The van der Waals surface area contributed by atoms with E-state index in [2.05, 4.69) is 10.6 Å². The Balaban J connectivity index is 1.92. The van der Waals surface area contributed by atoms with Gasteiger partial charge in [-0.05, 0) is 17.4 Å². The fourth-order valence-corrected chi connectivity index (χ4v) is 4.73. The minimum Gasteiger partial charge on any atom is -0.359 e. The lowest BCUT2D eigenvalue weighted by Crippen LogP contribution is -2.47. The third-order valence-electron chi connectivity index (χ3n) is 3.32. The Morgan fingerprint density at radius 3 is 2.71 bits per heavy atom. The first-order chi connectivity index (χ1) is 11.3. The maximum Gasteiger partial charge on any atom is 0.309 e. The molecular formula is C14H21N3O5S2. The van der Waals surface area contributed by atoms with Crippen molar-refractivity contribution >= 4 is 33.2 Å². The molecule has 2 N–H and O–H groups in total. The van der Waals surface area contributed by atoms with E-state index in [0.717, 1.165) is 11.3 Å². The van der Waals surface area contributed by atoms with Crippen LogP contribution in [0, 0.1) is 5.92 Å². The number of sulfonamides is 1. The van der Waals surface area contributed by atoms with Crippen LogP contribution in [0.3, 0.4) is 0 Å². The van der Waals surface area contributed by atoms with Gasteiger partial charge in [-0.2, -0.15) is 4.31 Å². The predicted molar refractivity (Wildman–Crippen MR) is 88.8 cm³/mol. The van der Waals surface area contributed by atoms with Crippen molar-refractivity contribution in [3.63, 3.8) is 0 Å². The molecule has 2 amide bonds. The zero-order valence-electron chi connectivity index (χ0n) is 13.5. The quantitative estimate of drug-likeness (QED) is 0.680. The number of nitrogens with zero attached hydrogens (tertiary/aromatic N) is 1. The van der Waals surface area contributed by atoms with Crippen LogP contribution >= 0.6 is 11.3 Å². The standard InChI is InChI=1S/C14H21N3O5S2/c1-10(2)8-15-13(18)14(19)16-9-11-17(5-6-22-11)24(20,21)12-4-3-7-23-12/h3-4,7,10-11H,5-6,8-9H2,1-2H3,(H,15,18)(H,16,19)/t11-/m1/s1. The van der Waals surface area contributed by atoms with Gasteiger partial charge in [-0.3, -0.25) is 9.59 Å². The van der Waals surface area contributed by atoms with E-state index in [-0.39, 0.29) is 29.8 Å². The second-order valence-electron chi connectivity index (χ2n) is 5.69. The fourth-order valence-electron chi connectivity index (χ4n) is 2.10. The number of carbonyl (C=O) groups is 2. The molecule has 1 aliphatic rings. The largest absolute Gasteiger partial charge is 0.359 e. The highest BCUT2D eigenvalue weighted by Crippen LogP contribution is 2.25. The molecule has 2 rings (SSSR count). The number of hydrogen-bond donors (Lipinski definition) is 2. The summed E-state index contributed by atoms with van der Waals surface area (Å²) in [6.45, 7) is 4.59. The summed E-state index contributed by atoms with van der Waals surface area (Å²) in [7, 11) is -3.66. The number of carbonyl (C=O) groups excluding carboxylic acids is 2. The van der Waals surface area contributed by atoms with Gasteiger partial charge in [0.1, 0.15) is 10.4 Å². The Morgan fingerprint density at radius 2 is 2.08 bits per heavy atom. The SMILES string of the molecule is CC(C)CNC(=O)C(=O)NC[C@H]1OCCN1S(=O)(=O)c1cccs1. The Hall–Kier alpha value is -1.49. The van der Waals surface area contributed by atoms with Crippen molar-refractivity contribution in [3.05, 3.63) is 17.5 Å². The highest BCUT2D eigenvalue weighted by Gasteiger charge is 2.37. The highest BCUT2D eigenvalue weighted by atomic mass is 32.2. The van der Waals surface area contributed by atoms with Crippen molar-refractivity contribution in [3.8, 4) is 0 Å². The van der Waals surface area contributed by atoms with Crippen LogP contribution in [0.2, 0.25) is 0 Å². The molecule has 2 heterocycles. The van der Waals surface area contributed by atoms with Gasteiger partial charge in [0.2, 0.25) is 0 Å². The zero-order chi connectivity index (χ0) is 17.7. The van der Waals surface area contributed by atoms with Crippen LogP contribution in [-0.2, 0) is 24.3 Å². The summed E-state index contributed by atoms with van der Waals surface area (Å²) in [6, 6.07) is 3.18. The Labute approximate surface area is 145 Å². The van der Waals surface area contributed by atoms with Gasteiger partial charge in [-0.15, -0.1) is 11.3 Å². The van der Waals surface area contributed by atoms with Gasteiger partial charge >= 0.3 is 11.8 Å². The Kier molecular flexibility index (Phi) is 6.33. The molecule has 0 aliphatic carbocycles. The van der Waals surface area contributed by atoms with Crippen molar-refractivity contribution in [2.45, 2.75) is 24.3 Å². The number of rotatable bonds is 6. The summed E-state index contributed by atoms with van der Waals surface area (Å²) in [5.41, 5.74) is 0. The van der Waals surface area contributed by atoms with Crippen molar-refractivity contribution in [1.29, 1.82) is 0 Å². The molecule has 10 heteroatoms. The normalized spacial score (nSPS) is 18.7. The highest BCUT2D eigenvalue weighted by molar-refractivity contribution is 7.91. The molecule has 1 fully saturated rings. The van der Waals surface area contributed by atoms with E-state index in [1.54, 1.807) is 11.4 Å². The summed E-state index contributed by atoms with van der Waals surface area (Å²) in [5, 5.41) is 6.60. The monoisotopic (exact) mass is 375 g/mol. The van der Waals surface area contributed by atoms with Crippen molar-refractivity contribution in [2.75, 3.05) is 26.2 Å². The number of thiophene rings is 1. The lowest BCUT2D eigenvalue weighted by atomic mass is 10.2. The maximum atomic E-state index is 12.5. The number of amides is 2. The molecule has 8 nitrogen and oxygen atoms in total. The van der Waals surface area contributed by atoms with Crippen molar-refractivity contribution in [1.82, 2.24) is 14.9 Å². The lowest BCUT2D eigenvalue weighted by Gasteiger charge is -2.22. The molecule has 1 aromatic heterocycles. The third kappa shape index (κ3) is 4.53. The summed E-state index contributed by atoms with van der Waals surface area (Å²) in [6.07, 6.45) is -0.820. The molecule has 1 aromatic rings. The average Bonchev–Trinajstić information content (AvgIpc) is 3.21. The van der Waals surface area contributed by atoms with Crippen LogP contribution in [0.25, 0.3) is 0 Å². The summed E-state index contributed by atoms with van der Waals surface area (Å²) < 4.78 is 31.9. The molecule has 1 aliphatic heterocycles. The van der Waals surface area contributed by atoms with E-state index < -0.39 is 28.1 Å². The maximum absolute atomic E-state index is 12.5. The molecule has 134 valence electrons. The molecule has 0 aromatic carbocycles. The second kappa shape index (κ2) is 8.06. The minimum atomic E-state index is -3.66. The third-order valence-corrected chi connectivity index (χ3v) is 6.58. The molecule has 0 spiro atoms. The molecule has 0 saturated carbocycles. The first kappa shape index (κ1) is 18.8. The summed E-state index contributed by atoms with van der Waals surface area (Å²) in [4.78, 5) is 23.4. The number of ether oxygens (including phenoxy) is 1. The van der Waals surface area contributed by atoms with E-state index in [9.17, 15) is 18.0 Å².